The van der Waals surface area contributed by atoms with Crippen molar-refractivity contribution in [3.8, 4) is 0 Å². The summed E-state index contributed by atoms with van der Waals surface area (Å²) in [5, 5.41) is 9.59. The first kappa shape index (κ1) is 54.8. The van der Waals surface area contributed by atoms with Crippen LogP contribution in [-0.2, 0) is 19.1 Å². The first-order chi connectivity index (χ1) is 27.5. The van der Waals surface area contributed by atoms with Crippen molar-refractivity contribution in [3.05, 3.63) is 0 Å². The van der Waals surface area contributed by atoms with E-state index in [2.05, 4.69) is 42.4 Å². The van der Waals surface area contributed by atoms with Crippen LogP contribution in [0.1, 0.15) is 220 Å². The van der Waals surface area contributed by atoms with Gasteiger partial charge in [0.05, 0.1) is 32.7 Å². The Morgan fingerprint density at radius 1 is 0.339 bits per heavy atom. The van der Waals surface area contributed by atoms with Gasteiger partial charge in [0.15, 0.2) is 0 Å². The van der Waals surface area contributed by atoms with Crippen LogP contribution in [0.15, 0.2) is 0 Å². The summed E-state index contributed by atoms with van der Waals surface area (Å²) >= 11 is 0. The van der Waals surface area contributed by atoms with E-state index in [9.17, 15) is 14.7 Å². The lowest BCUT2D eigenvalue weighted by Gasteiger charge is -2.22. The van der Waals surface area contributed by atoms with E-state index < -0.39 is 0 Å². The van der Waals surface area contributed by atoms with Crippen molar-refractivity contribution in [2.45, 2.75) is 220 Å². The zero-order chi connectivity index (χ0) is 41.0. The number of hydrogen-bond acceptors (Lipinski definition) is 8. The molecule has 8 heteroatoms. The normalized spacial score (nSPS) is 11.7. The first-order valence-electron chi connectivity index (χ1n) is 24.6. The Bertz CT molecular complexity index is 754. The van der Waals surface area contributed by atoms with Crippen molar-refractivity contribution < 1.29 is 24.2 Å². The number of carbonyl (C=O) groups excluding carboxylic acids is 2. The number of carbonyl (C=O) groups is 2. The maximum atomic E-state index is 12.5. The highest BCUT2D eigenvalue weighted by Gasteiger charge is 2.12. The van der Waals surface area contributed by atoms with Crippen LogP contribution in [0.25, 0.3) is 0 Å². The van der Waals surface area contributed by atoms with Crippen LogP contribution < -0.4 is 0 Å². The summed E-state index contributed by atoms with van der Waals surface area (Å²) in [7, 11) is 0. The summed E-state index contributed by atoms with van der Waals surface area (Å²) in [5.74, 6) is -0.0968. The minimum absolute atomic E-state index is 0.0484. The number of aliphatic hydroxyl groups excluding tert-OH is 1. The number of nitrogens with zero attached hydrogens (tertiary/aromatic N) is 3. The van der Waals surface area contributed by atoms with E-state index in [-0.39, 0.29) is 18.5 Å². The standard InChI is InChI=1S/C48H97N3O5/c1-5-9-13-17-19-27-37-49(35-25-15-11-7-3)41-33-47(53)55-45-31-23-21-29-39-51(43-44-52)40-30-22-24-32-46-56-48(54)34-42-50(36-26-16-12-8-4)38-28-20-18-14-10-6-2/h52H,5-46H2,1-4H3. The molecule has 0 rings (SSSR count). The lowest BCUT2D eigenvalue weighted by Crippen LogP contribution is -2.29. The zero-order valence-electron chi connectivity index (χ0n) is 38.1. The molecule has 0 saturated carbocycles. The maximum absolute atomic E-state index is 12.5. The van der Waals surface area contributed by atoms with Gasteiger partial charge in [-0.3, -0.25) is 9.59 Å². The Morgan fingerprint density at radius 3 is 0.893 bits per heavy atom. The van der Waals surface area contributed by atoms with Gasteiger partial charge in [-0.1, -0.05) is 156 Å². The monoisotopic (exact) mass is 796 g/mol. The molecule has 0 heterocycles. The first-order valence-corrected chi connectivity index (χ1v) is 24.6. The van der Waals surface area contributed by atoms with E-state index >= 15 is 0 Å². The summed E-state index contributed by atoms with van der Waals surface area (Å²) in [6.07, 6.45) is 35.2. The van der Waals surface area contributed by atoms with Gasteiger partial charge in [0, 0.05) is 19.6 Å². The molecule has 0 aromatic heterocycles. The Labute approximate surface area is 349 Å². The highest BCUT2D eigenvalue weighted by molar-refractivity contribution is 5.69. The van der Waals surface area contributed by atoms with Gasteiger partial charge < -0.3 is 29.3 Å². The molecule has 0 spiro atoms. The van der Waals surface area contributed by atoms with Gasteiger partial charge in [0.1, 0.15) is 0 Å². The second-order valence-corrected chi connectivity index (χ2v) is 16.7. The van der Waals surface area contributed by atoms with Crippen LogP contribution in [0.5, 0.6) is 0 Å². The van der Waals surface area contributed by atoms with Crippen LogP contribution in [0.4, 0.5) is 0 Å². The maximum Gasteiger partial charge on any atom is 0.307 e. The van der Waals surface area contributed by atoms with E-state index in [1.165, 1.54) is 128 Å². The van der Waals surface area contributed by atoms with Crippen LogP contribution in [0.2, 0.25) is 0 Å². The topological polar surface area (TPSA) is 82.5 Å². The number of hydrogen-bond donors (Lipinski definition) is 1. The molecule has 0 saturated heterocycles. The van der Waals surface area contributed by atoms with Gasteiger partial charge in [-0.25, -0.2) is 0 Å². The van der Waals surface area contributed by atoms with Gasteiger partial charge in [-0.15, -0.1) is 0 Å². The predicted octanol–water partition coefficient (Wildman–Crippen LogP) is 11.8. The second-order valence-electron chi connectivity index (χ2n) is 16.7. The summed E-state index contributed by atoms with van der Waals surface area (Å²) in [6, 6.07) is 0. The predicted molar refractivity (Wildman–Crippen MR) is 240 cm³/mol. The fraction of sp³-hybridized carbons (Fsp3) is 0.958. The number of ether oxygens (including phenoxy) is 2. The third-order valence-corrected chi connectivity index (χ3v) is 11.3. The van der Waals surface area contributed by atoms with Crippen molar-refractivity contribution in [2.75, 3.05) is 78.7 Å². The van der Waals surface area contributed by atoms with Crippen LogP contribution in [0, 0.1) is 0 Å². The van der Waals surface area contributed by atoms with Gasteiger partial charge in [-0.2, -0.15) is 0 Å². The largest absolute Gasteiger partial charge is 0.466 e. The number of rotatable bonds is 46. The molecule has 0 bridgehead atoms. The molecule has 0 aromatic carbocycles. The summed E-state index contributed by atoms with van der Waals surface area (Å²) < 4.78 is 11.2. The van der Waals surface area contributed by atoms with Crippen LogP contribution in [-0.4, -0.2) is 110 Å². The smallest absolute Gasteiger partial charge is 0.307 e. The Hall–Kier alpha value is -1.22. The minimum atomic E-state index is -0.0484. The zero-order valence-corrected chi connectivity index (χ0v) is 38.1. The fourth-order valence-electron chi connectivity index (χ4n) is 7.50. The van der Waals surface area contributed by atoms with Crippen molar-refractivity contribution in [1.29, 1.82) is 0 Å². The highest BCUT2D eigenvalue weighted by Crippen LogP contribution is 2.11. The highest BCUT2D eigenvalue weighted by atomic mass is 16.5. The Balaban J connectivity index is 4.07. The molecule has 0 aliphatic carbocycles. The van der Waals surface area contributed by atoms with E-state index in [1.54, 1.807) is 0 Å². The van der Waals surface area contributed by atoms with Gasteiger partial charge in [-0.05, 0) is 90.6 Å². The second kappa shape index (κ2) is 44.9. The molecule has 0 atom stereocenters. The molecule has 0 aromatic rings. The van der Waals surface area contributed by atoms with Crippen molar-refractivity contribution in [3.63, 3.8) is 0 Å². The molecule has 1 N–H and O–H groups in total. The third-order valence-electron chi connectivity index (χ3n) is 11.3. The Kier molecular flexibility index (Phi) is 43.9. The third kappa shape index (κ3) is 39.6. The number of esters is 2. The Morgan fingerprint density at radius 2 is 0.589 bits per heavy atom. The molecule has 0 aliphatic rings. The molecular formula is C48H97N3O5. The van der Waals surface area contributed by atoms with E-state index in [1.807, 2.05) is 0 Å². The van der Waals surface area contributed by atoms with Crippen molar-refractivity contribution in [1.82, 2.24) is 14.7 Å². The van der Waals surface area contributed by atoms with Crippen LogP contribution in [0.3, 0.4) is 0 Å². The molecule has 56 heavy (non-hydrogen) atoms. The van der Waals surface area contributed by atoms with E-state index in [0.29, 0.717) is 26.1 Å². The summed E-state index contributed by atoms with van der Waals surface area (Å²) in [6.45, 7) is 19.1. The number of unbranched alkanes of at least 4 members (excludes halogenated alkanes) is 22. The average Bonchev–Trinajstić information content (AvgIpc) is 3.20. The van der Waals surface area contributed by atoms with Gasteiger partial charge in [0.2, 0.25) is 0 Å². The van der Waals surface area contributed by atoms with E-state index in [0.717, 1.165) is 110 Å². The molecule has 334 valence electrons. The quantitative estimate of drug-likeness (QED) is 0.0482. The molecule has 0 unspecified atom stereocenters. The van der Waals surface area contributed by atoms with Gasteiger partial charge >= 0.3 is 11.9 Å². The lowest BCUT2D eigenvalue weighted by molar-refractivity contribution is -0.145. The lowest BCUT2D eigenvalue weighted by atomic mass is 10.1. The molecule has 0 amide bonds. The van der Waals surface area contributed by atoms with Crippen LogP contribution >= 0.6 is 0 Å². The fourth-order valence-corrected chi connectivity index (χ4v) is 7.50. The SMILES string of the molecule is CCCCCCCCN(CCCCCC)CCC(=O)OCCCCCCN(CCO)CCCCCCOC(=O)CCN(CCCCCC)CCCCCCCC. The average molecular weight is 796 g/mol. The number of aliphatic hydroxyl groups is 1. The van der Waals surface area contributed by atoms with Crippen molar-refractivity contribution in [2.24, 2.45) is 0 Å². The summed E-state index contributed by atoms with van der Waals surface area (Å²) in [4.78, 5) is 32.3. The molecule has 0 radical (unpaired) electrons. The molecule has 0 aliphatic heterocycles. The molecule has 8 nitrogen and oxygen atoms in total. The van der Waals surface area contributed by atoms with Crippen molar-refractivity contribution >= 4 is 11.9 Å². The summed E-state index contributed by atoms with van der Waals surface area (Å²) in [5.41, 5.74) is 0. The molecular weight excluding hydrogens is 699 g/mol. The van der Waals surface area contributed by atoms with E-state index in [4.69, 9.17) is 9.47 Å². The molecule has 0 fully saturated rings. The van der Waals surface area contributed by atoms with Gasteiger partial charge in [0.25, 0.3) is 0 Å². The minimum Gasteiger partial charge on any atom is -0.466 e.